The number of aromatic nitrogens is 3. The van der Waals surface area contributed by atoms with Crippen molar-refractivity contribution in [2.45, 2.75) is 0 Å². The van der Waals surface area contributed by atoms with Crippen LogP contribution in [0, 0.1) is 0 Å². The topological polar surface area (TPSA) is 43.9 Å². The van der Waals surface area contributed by atoms with Crippen LogP contribution in [-0.4, -0.2) is 14.5 Å². The molecule has 0 amide bonds. The number of hydrogen-bond acceptors (Lipinski definition) is 4. The number of thiophene rings is 1. The highest BCUT2D eigenvalue weighted by Gasteiger charge is 2.21. The van der Waals surface area contributed by atoms with Crippen LogP contribution in [0.2, 0.25) is 0 Å². The van der Waals surface area contributed by atoms with Gasteiger partial charge in [0.05, 0.1) is 32.6 Å². The van der Waals surface area contributed by atoms with Crippen LogP contribution in [0.4, 0.5) is 0 Å². The van der Waals surface area contributed by atoms with Crippen LogP contribution in [0.5, 0.6) is 0 Å². The first-order chi connectivity index (χ1) is 25.3. The maximum Gasteiger partial charge on any atom is 0.160 e. The molecular weight excluding hydrogens is 643 g/mol. The van der Waals surface area contributed by atoms with Gasteiger partial charge in [-0.1, -0.05) is 103 Å². The molecule has 0 atom stereocenters. The highest BCUT2D eigenvalue weighted by Crippen LogP contribution is 2.45. The third-order valence-electron chi connectivity index (χ3n) is 10.5. The Bertz CT molecular complexity index is 3370. The average molecular weight is 668 g/mol. The van der Waals surface area contributed by atoms with E-state index in [2.05, 4.69) is 150 Å². The molecule has 12 rings (SSSR count). The number of fused-ring (bicyclic) bond motifs is 9. The lowest BCUT2D eigenvalue weighted by molar-refractivity contribution is 0.669. The van der Waals surface area contributed by atoms with Crippen LogP contribution in [0.15, 0.2) is 156 Å². The molecule has 0 unspecified atom stereocenters. The van der Waals surface area contributed by atoms with Gasteiger partial charge >= 0.3 is 0 Å². The van der Waals surface area contributed by atoms with Crippen LogP contribution in [0.1, 0.15) is 0 Å². The highest BCUT2D eigenvalue weighted by atomic mass is 32.1. The predicted molar refractivity (Wildman–Crippen MR) is 214 cm³/mol. The minimum Gasteiger partial charge on any atom is -0.456 e. The van der Waals surface area contributed by atoms with Crippen molar-refractivity contribution < 1.29 is 4.42 Å². The lowest BCUT2D eigenvalue weighted by Crippen LogP contribution is -1.95. The van der Waals surface area contributed by atoms with Crippen LogP contribution in [0.25, 0.3) is 114 Å². The van der Waals surface area contributed by atoms with E-state index >= 15 is 0 Å². The Balaban J connectivity index is 1.13. The smallest absolute Gasteiger partial charge is 0.160 e. The average Bonchev–Trinajstić information content (AvgIpc) is 3.87. The molecule has 4 nitrogen and oxygen atoms in total. The van der Waals surface area contributed by atoms with Gasteiger partial charge in [-0.3, -0.25) is 0 Å². The Morgan fingerprint density at radius 3 is 2.06 bits per heavy atom. The SMILES string of the molecule is c1ccc(-c2nc(-c3ccc4c(c3)c3ccccc3n4-c3cc4oc5cccc6c7ccccc7c(c3)c4c56)nc3c2sc2ccccc23)cc1. The Morgan fingerprint density at radius 1 is 0.471 bits per heavy atom. The van der Waals surface area contributed by atoms with Crippen LogP contribution in [-0.2, 0) is 0 Å². The van der Waals surface area contributed by atoms with Gasteiger partial charge in [-0.05, 0) is 64.0 Å². The molecule has 0 radical (unpaired) electrons. The lowest BCUT2D eigenvalue weighted by Gasteiger charge is -2.12. The molecule has 0 aliphatic rings. The van der Waals surface area contributed by atoms with Gasteiger partial charge in [0.25, 0.3) is 0 Å². The molecule has 0 spiro atoms. The van der Waals surface area contributed by atoms with Crippen molar-refractivity contribution in [3.05, 3.63) is 152 Å². The fourth-order valence-corrected chi connectivity index (χ4v) is 9.51. The minimum atomic E-state index is 0.726. The first kappa shape index (κ1) is 27.3. The monoisotopic (exact) mass is 667 g/mol. The number of furan rings is 1. The van der Waals surface area contributed by atoms with E-state index in [1.165, 1.54) is 42.4 Å². The lowest BCUT2D eigenvalue weighted by atomic mass is 9.94. The standard InChI is InChI=1S/C46H25N3OS/c1-2-11-26(12-3-1)43-45-44(33-16-7-9-20-40(33)51-45)48-46(47-43)27-21-22-37-34(23-27)31-15-6-8-18-36(31)49(37)28-24-35-30-14-5-4-13-29(30)32-17-10-19-38-41(32)42(35)39(25-28)50-38/h1-25H. The van der Waals surface area contributed by atoms with E-state index in [0.29, 0.717) is 0 Å². The molecule has 0 aliphatic heterocycles. The van der Waals surface area contributed by atoms with Gasteiger partial charge in [0.15, 0.2) is 5.82 Å². The second-order valence-electron chi connectivity index (χ2n) is 13.3. The molecule has 4 aromatic heterocycles. The molecular formula is C46H25N3OS. The Hall–Kier alpha value is -6.56. The molecule has 0 bridgehead atoms. The highest BCUT2D eigenvalue weighted by molar-refractivity contribution is 7.26. The molecule has 0 aliphatic carbocycles. The predicted octanol–water partition coefficient (Wildman–Crippen LogP) is 12.9. The molecule has 51 heavy (non-hydrogen) atoms. The third kappa shape index (κ3) is 3.73. The first-order valence-corrected chi connectivity index (χ1v) is 18.0. The summed E-state index contributed by atoms with van der Waals surface area (Å²) in [6.45, 7) is 0. The molecule has 236 valence electrons. The van der Waals surface area contributed by atoms with Gasteiger partial charge in [-0.2, -0.15) is 0 Å². The van der Waals surface area contributed by atoms with E-state index in [1.807, 2.05) is 6.07 Å². The van der Waals surface area contributed by atoms with E-state index in [9.17, 15) is 0 Å². The summed E-state index contributed by atoms with van der Waals surface area (Å²) in [5.74, 6) is 0.726. The summed E-state index contributed by atoms with van der Waals surface area (Å²) in [5.41, 5.74) is 9.21. The van der Waals surface area contributed by atoms with Gasteiger partial charge in [-0.25, -0.2) is 9.97 Å². The van der Waals surface area contributed by atoms with E-state index in [0.717, 1.165) is 71.5 Å². The summed E-state index contributed by atoms with van der Waals surface area (Å²) >= 11 is 1.76. The second kappa shape index (κ2) is 10.0. The number of nitrogens with zero attached hydrogens (tertiary/aromatic N) is 3. The number of hydrogen-bond donors (Lipinski definition) is 0. The fraction of sp³-hybridized carbons (Fsp3) is 0. The summed E-state index contributed by atoms with van der Waals surface area (Å²) in [5, 5.41) is 10.8. The molecule has 12 aromatic rings. The van der Waals surface area contributed by atoms with Crippen LogP contribution < -0.4 is 0 Å². The molecule has 0 saturated carbocycles. The maximum atomic E-state index is 6.60. The molecule has 0 N–H and O–H groups in total. The number of benzene rings is 8. The van der Waals surface area contributed by atoms with E-state index in [1.54, 1.807) is 11.3 Å². The van der Waals surface area contributed by atoms with Gasteiger partial charge in [0.1, 0.15) is 11.2 Å². The Labute approximate surface area is 294 Å². The van der Waals surface area contributed by atoms with Crippen molar-refractivity contribution >= 4 is 96.9 Å². The molecule has 5 heteroatoms. The van der Waals surface area contributed by atoms with Gasteiger partial charge in [0, 0.05) is 48.8 Å². The Kier molecular flexibility index (Phi) is 5.35. The van der Waals surface area contributed by atoms with Crippen LogP contribution in [0.3, 0.4) is 0 Å². The third-order valence-corrected chi connectivity index (χ3v) is 11.7. The number of para-hydroxylation sites is 1. The zero-order chi connectivity index (χ0) is 33.2. The van der Waals surface area contributed by atoms with E-state index in [4.69, 9.17) is 14.4 Å². The van der Waals surface area contributed by atoms with Crippen molar-refractivity contribution in [2.75, 3.05) is 0 Å². The first-order valence-electron chi connectivity index (χ1n) is 17.2. The summed E-state index contributed by atoms with van der Waals surface area (Å²) < 4.78 is 11.3. The second-order valence-corrected chi connectivity index (χ2v) is 14.4. The minimum absolute atomic E-state index is 0.726. The summed E-state index contributed by atoms with van der Waals surface area (Å²) in [6, 6.07) is 54.0. The normalized spacial score (nSPS) is 12.3. The van der Waals surface area contributed by atoms with Crippen molar-refractivity contribution in [3.8, 4) is 28.3 Å². The van der Waals surface area contributed by atoms with Crippen LogP contribution >= 0.6 is 11.3 Å². The van der Waals surface area contributed by atoms with Crippen molar-refractivity contribution in [1.29, 1.82) is 0 Å². The van der Waals surface area contributed by atoms with Gasteiger partial charge in [0.2, 0.25) is 0 Å². The molecule has 4 heterocycles. The van der Waals surface area contributed by atoms with Crippen molar-refractivity contribution in [3.63, 3.8) is 0 Å². The summed E-state index contributed by atoms with van der Waals surface area (Å²) in [6.07, 6.45) is 0. The largest absolute Gasteiger partial charge is 0.456 e. The van der Waals surface area contributed by atoms with E-state index < -0.39 is 0 Å². The molecule has 8 aromatic carbocycles. The molecule has 0 fully saturated rings. The fourth-order valence-electron chi connectivity index (χ4n) is 8.35. The molecule has 0 saturated heterocycles. The Morgan fingerprint density at radius 2 is 1.18 bits per heavy atom. The summed E-state index contributed by atoms with van der Waals surface area (Å²) in [7, 11) is 0. The van der Waals surface area contributed by atoms with E-state index in [-0.39, 0.29) is 0 Å². The zero-order valence-electron chi connectivity index (χ0n) is 27.1. The van der Waals surface area contributed by atoms with Crippen molar-refractivity contribution in [2.24, 2.45) is 0 Å². The summed E-state index contributed by atoms with van der Waals surface area (Å²) in [4.78, 5) is 10.5. The maximum absolute atomic E-state index is 6.60. The quantitative estimate of drug-likeness (QED) is 0.176. The van der Waals surface area contributed by atoms with Crippen molar-refractivity contribution in [1.82, 2.24) is 14.5 Å². The van der Waals surface area contributed by atoms with Gasteiger partial charge < -0.3 is 8.98 Å². The number of rotatable bonds is 3. The van der Waals surface area contributed by atoms with Gasteiger partial charge in [-0.15, -0.1) is 11.3 Å². The zero-order valence-corrected chi connectivity index (χ0v) is 27.9.